The molecule has 1 aliphatic carbocycles. The molecule has 0 spiro atoms. The number of carbonyl (C=O) groups is 2. The second-order valence-electron chi connectivity index (χ2n) is 5.71. The highest BCUT2D eigenvalue weighted by Crippen LogP contribution is 2.26. The Hall–Kier alpha value is -1.10. The van der Waals surface area contributed by atoms with Crippen LogP contribution in [0.4, 0.5) is 0 Å². The zero-order valence-corrected chi connectivity index (χ0v) is 11.5. The highest BCUT2D eigenvalue weighted by atomic mass is 16.5. The molecule has 18 heavy (non-hydrogen) atoms. The fourth-order valence-electron chi connectivity index (χ4n) is 2.30. The van der Waals surface area contributed by atoms with Crippen LogP contribution in [0.15, 0.2) is 0 Å². The molecule has 0 aromatic carbocycles. The van der Waals surface area contributed by atoms with Gasteiger partial charge in [-0.15, -0.1) is 0 Å². The van der Waals surface area contributed by atoms with Crippen LogP contribution in [0.2, 0.25) is 0 Å². The molecule has 0 aromatic rings. The van der Waals surface area contributed by atoms with Gasteiger partial charge in [-0.3, -0.25) is 9.59 Å². The lowest BCUT2D eigenvalue weighted by atomic mass is 9.93. The Morgan fingerprint density at radius 3 is 2.56 bits per heavy atom. The first kappa shape index (κ1) is 15.0. The molecule has 104 valence electrons. The molecule has 1 saturated carbocycles. The van der Waals surface area contributed by atoms with Gasteiger partial charge >= 0.3 is 5.97 Å². The first-order valence-corrected chi connectivity index (χ1v) is 6.47. The summed E-state index contributed by atoms with van der Waals surface area (Å²) in [5.41, 5.74) is 5.23. The van der Waals surface area contributed by atoms with Crippen LogP contribution in [0.25, 0.3) is 0 Å². The van der Waals surface area contributed by atoms with E-state index in [9.17, 15) is 9.59 Å². The van der Waals surface area contributed by atoms with Crippen molar-refractivity contribution >= 4 is 11.9 Å². The number of hydrogen-bond donors (Lipinski definition) is 2. The van der Waals surface area contributed by atoms with E-state index in [1.165, 1.54) is 7.11 Å². The van der Waals surface area contributed by atoms with Gasteiger partial charge in [0.15, 0.2) is 0 Å². The van der Waals surface area contributed by atoms with Gasteiger partial charge in [0.2, 0.25) is 5.91 Å². The Morgan fingerprint density at radius 1 is 1.39 bits per heavy atom. The third-order valence-electron chi connectivity index (χ3n) is 3.63. The van der Waals surface area contributed by atoms with Crippen LogP contribution in [0.1, 0.15) is 39.5 Å². The van der Waals surface area contributed by atoms with Crippen LogP contribution in [-0.2, 0) is 14.3 Å². The Morgan fingerprint density at radius 2 is 2.06 bits per heavy atom. The van der Waals surface area contributed by atoms with E-state index < -0.39 is 5.41 Å². The van der Waals surface area contributed by atoms with E-state index in [0.29, 0.717) is 13.0 Å². The number of esters is 1. The molecule has 1 amide bonds. The third-order valence-corrected chi connectivity index (χ3v) is 3.63. The van der Waals surface area contributed by atoms with Crippen LogP contribution in [-0.4, -0.2) is 31.6 Å². The van der Waals surface area contributed by atoms with E-state index in [1.54, 1.807) is 13.8 Å². The van der Waals surface area contributed by atoms with Gasteiger partial charge in [-0.1, -0.05) is 6.42 Å². The first-order chi connectivity index (χ1) is 8.36. The number of ether oxygens (including phenoxy) is 1. The Labute approximate surface area is 108 Å². The van der Waals surface area contributed by atoms with Gasteiger partial charge in [0.25, 0.3) is 0 Å². The smallest absolute Gasteiger partial charge is 0.313 e. The number of methoxy groups -OCH3 is 1. The Kier molecular flexibility index (Phi) is 5.14. The second kappa shape index (κ2) is 6.18. The van der Waals surface area contributed by atoms with Gasteiger partial charge in [-0.25, -0.2) is 0 Å². The minimum Gasteiger partial charge on any atom is -0.469 e. The lowest BCUT2D eigenvalue weighted by Gasteiger charge is -2.22. The maximum atomic E-state index is 11.8. The molecule has 5 heteroatoms. The van der Waals surface area contributed by atoms with Crippen LogP contribution >= 0.6 is 0 Å². The topological polar surface area (TPSA) is 81.4 Å². The van der Waals surface area contributed by atoms with Crippen molar-refractivity contribution in [3.63, 3.8) is 0 Å². The van der Waals surface area contributed by atoms with Crippen molar-refractivity contribution in [3.8, 4) is 0 Å². The van der Waals surface area contributed by atoms with E-state index in [1.807, 2.05) is 0 Å². The van der Waals surface area contributed by atoms with Crippen molar-refractivity contribution in [1.82, 2.24) is 5.32 Å². The fraction of sp³-hybridized carbons (Fsp3) is 0.846. The van der Waals surface area contributed by atoms with Crippen molar-refractivity contribution < 1.29 is 14.3 Å². The molecule has 1 fully saturated rings. The normalized spacial score (nSPS) is 23.8. The second-order valence-corrected chi connectivity index (χ2v) is 5.71. The van der Waals surface area contributed by atoms with Crippen LogP contribution in [0.5, 0.6) is 0 Å². The summed E-state index contributed by atoms with van der Waals surface area (Å²) in [6.07, 6.45) is 3.59. The van der Waals surface area contributed by atoms with E-state index in [-0.39, 0.29) is 23.8 Å². The van der Waals surface area contributed by atoms with Gasteiger partial charge < -0.3 is 15.8 Å². The van der Waals surface area contributed by atoms with Crippen LogP contribution in [0, 0.1) is 11.3 Å². The van der Waals surface area contributed by atoms with Gasteiger partial charge in [0.1, 0.15) is 0 Å². The van der Waals surface area contributed by atoms with Crippen molar-refractivity contribution in [3.05, 3.63) is 0 Å². The molecule has 3 N–H and O–H groups in total. The molecule has 1 rings (SSSR count). The molecule has 0 radical (unpaired) electrons. The summed E-state index contributed by atoms with van der Waals surface area (Å²) in [5.74, 6) is -0.0686. The molecule has 0 saturated heterocycles. The van der Waals surface area contributed by atoms with E-state index in [4.69, 9.17) is 5.73 Å². The number of nitrogens with two attached hydrogens (primary N) is 1. The molecule has 0 heterocycles. The summed E-state index contributed by atoms with van der Waals surface area (Å²) in [7, 11) is 1.35. The minimum absolute atomic E-state index is 0.0330. The quantitative estimate of drug-likeness (QED) is 0.714. The number of hydrogen-bond acceptors (Lipinski definition) is 4. The largest absolute Gasteiger partial charge is 0.469 e. The molecule has 0 unspecified atom stereocenters. The maximum absolute atomic E-state index is 11.8. The molecule has 1 aliphatic rings. The number of amides is 1. The van der Waals surface area contributed by atoms with Crippen LogP contribution in [0.3, 0.4) is 0 Å². The predicted molar refractivity (Wildman–Crippen MR) is 68.7 cm³/mol. The van der Waals surface area contributed by atoms with Crippen molar-refractivity contribution in [2.24, 2.45) is 17.1 Å². The molecule has 0 aliphatic heterocycles. The van der Waals surface area contributed by atoms with Gasteiger partial charge in [0, 0.05) is 19.0 Å². The molecule has 5 nitrogen and oxygen atoms in total. The maximum Gasteiger partial charge on any atom is 0.313 e. The summed E-state index contributed by atoms with van der Waals surface area (Å²) >= 11 is 0. The molecule has 2 atom stereocenters. The SMILES string of the molecule is COC(=O)C(C)(C)CNC(=O)C[C@@H]1CCC[C@H]1N. The Bertz CT molecular complexity index is 315. The highest BCUT2D eigenvalue weighted by Gasteiger charge is 2.30. The van der Waals surface area contributed by atoms with Gasteiger partial charge in [-0.2, -0.15) is 0 Å². The van der Waals surface area contributed by atoms with Crippen LogP contribution < -0.4 is 11.1 Å². The monoisotopic (exact) mass is 256 g/mol. The summed E-state index contributed by atoms with van der Waals surface area (Å²) in [6, 6.07) is 0.143. The average Bonchev–Trinajstić information content (AvgIpc) is 2.71. The summed E-state index contributed by atoms with van der Waals surface area (Å²) in [4.78, 5) is 23.2. The zero-order valence-electron chi connectivity index (χ0n) is 11.5. The zero-order chi connectivity index (χ0) is 13.8. The summed E-state index contributed by atoms with van der Waals surface area (Å²) < 4.78 is 4.69. The molecular weight excluding hydrogens is 232 g/mol. The molecule has 0 bridgehead atoms. The average molecular weight is 256 g/mol. The lowest BCUT2D eigenvalue weighted by molar-refractivity contribution is -0.150. The lowest BCUT2D eigenvalue weighted by Crippen LogP contribution is -2.40. The standard InChI is InChI=1S/C13H24N2O3/c1-13(2,12(17)18-3)8-15-11(16)7-9-5-4-6-10(9)14/h9-10H,4-8,14H2,1-3H3,(H,15,16)/t9-,10+/m0/s1. The van der Waals surface area contributed by atoms with Crippen molar-refractivity contribution in [1.29, 1.82) is 0 Å². The number of carbonyl (C=O) groups excluding carboxylic acids is 2. The minimum atomic E-state index is -0.692. The first-order valence-electron chi connectivity index (χ1n) is 6.47. The summed E-state index contributed by atoms with van der Waals surface area (Å²) in [5, 5.41) is 2.79. The predicted octanol–water partition coefficient (Wildman–Crippen LogP) is 0.819. The molecule has 0 aromatic heterocycles. The number of rotatable bonds is 5. The van der Waals surface area contributed by atoms with E-state index in [2.05, 4.69) is 10.1 Å². The third kappa shape index (κ3) is 3.98. The van der Waals surface area contributed by atoms with E-state index in [0.717, 1.165) is 19.3 Å². The highest BCUT2D eigenvalue weighted by molar-refractivity contribution is 5.79. The van der Waals surface area contributed by atoms with Crippen molar-refractivity contribution in [2.45, 2.75) is 45.6 Å². The Balaban J connectivity index is 2.35. The van der Waals surface area contributed by atoms with Gasteiger partial charge in [-0.05, 0) is 32.6 Å². The fourth-order valence-corrected chi connectivity index (χ4v) is 2.30. The van der Waals surface area contributed by atoms with E-state index >= 15 is 0 Å². The van der Waals surface area contributed by atoms with Crippen molar-refractivity contribution in [2.75, 3.05) is 13.7 Å². The molecular formula is C13H24N2O3. The van der Waals surface area contributed by atoms with Gasteiger partial charge in [0.05, 0.1) is 12.5 Å². The number of nitrogens with one attached hydrogen (secondary N) is 1. The summed E-state index contributed by atoms with van der Waals surface area (Å²) in [6.45, 7) is 3.79.